The van der Waals surface area contributed by atoms with Crippen LogP contribution in [0.4, 0.5) is 4.79 Å². The number of carbonyl (C=O) groups excluding carboxylic acids is 3. The van der Waals surface area contributed by atoms with Crippen molar-refractivity contribution in [1.82, 2.24) is 20.4 Å². The molecule has 48 heavy (non-hydrogen) atoms. The van der Waals surface area contributed by atoms with E-state index < -0.39 is 12.1 Å². The summed E-state index contributed by atoms with van der Waals surface area (Å²) in [4.78, 5) is 43.3. The molecule has 3 aromatic carbocycles. The summed E-state index contributed by atoms with van der Waals surface area (Å²) < 4.78 is 5.48. The van der Waals surface area contributed by atoms with Gasteiger partial charge in [-0.15, -0.1) is 0 Å². The number of nitrogens with zero attached hydrogens (tertiary/aromatic N) is 2. The molecule has 0 saturated carbocycles. The van der Waals surface area contributed by atoms with Crippen LogP contribution in [0.15, 0.2) is 91.0 Å². The first kappa shape index (κ1) is 36.7. The summed E-state index contributed by atoms with van der Waals surface area (Å²) in [7, 11) is 0. The molecule has 0 spiro atoms. The number of benzene rings is 3. The molecule has 8 nitrogen and oxygen atoms in total. The van der Waals surface area contributed by atoms with Crippen LogP contribution in [-0.4, -0.2) is 66.5 Å². The molecule has 1 fully saturated rings. The van der Waals surface area contributed by atoms with Crippen molar-refractivity contribution >= 4 is 17.9 Å². The molecule has 1 atom stereocenters. The van der Waals surface area contributed by atoms with Gasteiger partial charge in [0.2, 0.25) is 11.8 Å². The second kappa shape index (κ2) is 20.9. The lowest BCUT2D eigenvalue weighted by Crippen LogP contribution is -2.55. The summed E-state index contributed by atoms with van der Waals surface area (Å²) in [5.41, 5.74) is 3.33. The maximum atomic E-state index is 13.9. The van der Waals surface area contributed by atoms with Crippen molar-refractivity contribution in [3.05, 3.63) is 108 Å². The Labute approximate surface area is 287 Å². The molecule has 1 aliphatic heterocycles. The molecule has 1 unspecified atom stereocenters. The molecule has 0 radical (unpaired) electrons. The number of rotatable bonds is 19. The smallest absolute Gasteiger partial charge is 0.408 e. The summed E-state index contributed by atoms with van der Waals surface area (Å²) in [6.45, 7) is 5.48. The largest absolute Gasteiger partial charge is 0.445 e. The van der Waals surface area contributed by atoms with Crippen LogP contribution in [0.25, 0.3) is 0 Å². The molecule has 1 saturated heterocycles. The van der Waals surface area contributed by atoms with Crippen molar-refractivity contribution in [1.29, 1.82) is 0 Å². The molecule has 3 amide bonds. The summed E-state index contributed by atoms with van der Waals surface area (Å²) in [5.74, 6) is -0.00250. The SMILES string of the molecule is CCCCCCCCC(=O)NCCCCC(NC(=O)OCc1ccccc1)C(=O)N1CCN(C(c2ccccc2)c2ccccc2)CC1. The average molecular weight is 655 g/mol. The van der Waals surface area contributed by atoms with E-state index in [-0.39, 0.29) is 24.5 Å². The third kappa shape index (κ3) is 12.5. The summed E-state index contributed by atoms with van der Waals surface area (Å²) in [6, 6.07) is 29.9. The van der Waals surface area contributed by atoms with Crippen LogP contribution in [0.3, 0.4) is 0 Å². The van der Waals surface area contributed by atoms with E-state index in [0.717, 1.165) is 37.9 Å². The number of amides is 3. The number of nitrogens with one attached hydrogen (secondary N) is 2. The van der Waals surface area contributed by atoms with Crippen LogP contribution in [0.5, 0.6) is 0 Å². The summed E-state index contributed by atoms with van der Waals surface area (Å²) >= 11 is 0. The van der Waals surface area contributed by atoms with E-state index in [1.54, 1.807) is 0 Å². The normalized spacial score (nSPS) is 14.0. The van der Waals surface area contributed by atoms with Gasteiger partial charge < -0.3 is 20.3 Å². The van der Waals surface area contributed by atoms with Gasteiger partial charge in [0.15, 0.2) is 0 Å². The molecule has 0 aromatic heterocycles. The number of piperazine rings is 1. The first-order valence-corrected chi connectivity index (χ1v) is 17.9. The molecule has 1 aliphatic rings. The average Bonchev–Trinajstić information content (AvgIpc) is 3.13. The minimum atomic E-state index is -0.697. The van der Waals surface area contributed by atoms with Crippen molar-refractivity contribution in [2.75, 3.05) is 32.7 Å². The van der Waals surface area contributed by atoms with E-state index in [9.17, 15) is 14.4 Å². The van der Waals surface area contributed by atoms with Crippen molar-refractivity contribution in [2.45, 2.75) is 89.8 Å². The van der Waals surface area contributed by atoms with Gasteiger partial charge in [-0.1, -0.05) is 130 Å². The van der Waals surface area contributed by atoms with Crippen LogP contribution >= 0.6 is 0 Å². The van der Waals surface area contributed by atoms with Gasteiger partial charge in [0.1, 0.15) is 12.6 Å². The van der Waals surface area contributed by atoms with E-state index in [2.05, 4.69) is 71.0 Å². The third-order valence-electron chi connectivity index (χ3n) is 9.02. The molecule has 0 aliphatic carbocycles. The predicted octanol–water partition coefficient (Wildman–Crippen LogP) is 7.25. The van der Waals surface area contributed by atoms with Crippen LogP contribution in [0, 0.1) is 0 Å². The molecule has 0 bridgehead atoms. The van der Waals surface area contributed by atoms with E-state index in [0.29, 0.717) is 38.9 Å². The van der Waals surface area contributed by atoms with E-state index >= 15 is 0 Å². The topological polar surface area (TPSA) is 91.0 Å². The zero-order valence-corrected chi connectivity index (χ0v) is 28.7. The Balaban J connectivity index is 1.29. The van der Waals surface area contributed by atoms with Gasteiger partial charge in [0.25, 0.3) is 0 Å². The highest BCUT2D eigenvalue weighted by molar-refractivity contribution is 5.85. The van der Waals surface area contributed by atoms with Crippen molar-refractivity contribution < 1.29 is 19.1 Å². The number of carbonyl (C=O) groups is 3. The Bertz CT molecular complexity index is 1310. The van der Waals surface area contributed by atoms with Gasteiger partial charge in [-0.3, -0.25) is 14.5 Å². The summed E-state index contributed by atoms with van der Waals surface area (Å²) in [5, 5.41) is 5.89. The molecular formula is C40H54N4O4. The second-order valence-corrected chi connectivity index (χ2v) is 12.7. The second-order valence-electron chi connectivity index (χ2n) is 12.7. The van der Waals surface area contributed by atoms with Gasteiger partial charge in [-0.2, -0.15) is 0 Å². The Kier molecular flexibility index (Phi) is 16.0. The lowest BCUT2D eigenvalue weighted by atomic mass is 9.96. The third-order valence-corrected chi connectivity index (χ3v) is 9.02. The highest BCUT2D eigenvalue weighted by Crippen LogP contribution is 2.29. The highest BCUT2D eigenvalue weighted by atomic mass is 16.5. The monoisotopic (exact) mass is 654 g/mol. The molecule has 1 heterocycles. The van der Waals surface area contributed by atoms with Crippen LogP contribution in [0.1, 0.15) is 93.9 Å². The zero-order valence-electron chi connectivity index (χ0n) is 28.7. The fourth-order valence-electron chi connectivity index (χ4n) is 6.33. The summed E-state index contributed by atoms with van der Waals surface area (Å²) in [6.07, 6.45) is 8.78. The van der Waals surface area contributed by atoms with E-state index in [4.69, 9.17) is 4.74 Å². The predicted molar refractivity (Wildman–Crippen MR) is 191 cm³/mol. The Morgan fingerprint density at radius 1 is 0.708 bits per heavy atom. The van der Waals surface area contributed by atoms with Gasteiger partial charge in [0.05, 0.1) is 6.04 Å². The van der Waals surface area contributed by atoms with Crippen LogP contribution in [0.2, 0.25) is 0 Å². The van der Waals surface area contributed by atoms with Gasteiger partial charge in [-0.05, 0) is 42.4 Å². The van der Waals surface area contributed by atoms with Gasteiger partial charge in [-0.25, -0.2) is 4.79 Å². The lowest BCUT2D eigenvalue weighted by Gasteiger charge is -2.40. The standard InChI is InChI=1S/C40H54N4O4/c1-2-3-4-5-6-16-26-37(45)41-27-18-17-25-36(42-40(47)48-32-33-19-10-7-11-20-33)39(46)44-30-28-43(29-31-44)38(34-21-12-8-13-22-34)35-23-14-9-15-24-35/h7-15,19-24,36,38H,2-6,16-18,25-32H2,1H3,(H,41,45)(H,42,47). The van der Waals surface area contributed by atoms with E-state index in [1.165, 1.54) is 36.8 Å². The first-order chi connectivity index (χ1) is 23.5. The fourth-order valence-corrected chi connectivity index (χ4v) is 6.33. The lowest BCUT2D eigenvalue weighted by molar-refractivity contribution is -0.135. The molecule has 2 N–H and O–H groups in total. The molecular weight excluding hydrogens is 600 g/mol. The van der Waals surface area contributed by atoms with E-state index in [1.807, 2.05) is 47.4 Å². The van der Waals surface area contributed by atoms with Gasteiger partial charge in [0, 0.05) is 39.1 Å². The Hall–Kier alpha value is -4.17. The number of hydrogen-bond donors (Lipinski definition) is 2. The zero-order chi connectivity index (χ0) is 33.8. The molecule has 4 rings (SSSR count). The molecule has 8 heteroatoms. The highest BCUT2D eigenvalue weighted by Gasteiger charge is 2.32. The maximum absolute atomic E-state index is 13.9. The minimum Gasteiger partial charge on any atom is -0.445 e. The maximum Gasteiger partial charge on any atom is 0.408 e. The number of unbranched alkanes of at least 4 members (excludes halogenated alkanes) is 6. The van der Waals surface area contributed by atoms with Crippen LogP contribution in [-0.2, 0) is 20.9 Å². The molecule has 258 valence electrons. The van der Waals surface area contributed by atoms with Gasteiger partial charge >= 0.3 is 6.09 Å². The molecule has 3 aromatic rings. The van der Waals surface area contributed by atoms with Crippen molar-refractivity contribution in [2.24, 2.45) is 0 Å². The Morgan fingerprint density at radius 2 is 1.29 bits per heavy atom. The van der Waals surface area contributed by atoms with Crippen LogP contribution < -0.4 is 10.6 Å². The fraction of sp³-hybridized carbons (Fsp3) is 0.475. The van der Waals surface area contributed by atoms with Crippen molar-refractivity contribution in [3.63, 3.8) is 0 Å². The minimum absolute atomic E-state index is 0.0860. The first-order valence-electron chi connectivity index (χ1n) is 17.9. The number of alkyl carbamates (subject to hydrolysis) is 1. The number of ether oxygens (including phenoxy) is 1. The van der Waals surface area contributed by atoms with Crippen molar-refractivity contribution in [3.8, 4) is 0 Å². The quantitative estimate of drug-likeness (QED) is 0.133. The Morgan fingerprint density at radius 3 is 1.92 bits per heavy atom. The number of hydrogen-bond acceptors (Lipinski definition) is 5.